The molecule has 3 unspecified atom stereocenters. The average molecular weight is 293 g/mol. The van der Waals surface area contributed by atoms with Gasteiger partial charge in [0.2, 0.25) is 5.89 Å². The molecule has 116 valence electrons. The van der Waals surface area contributed by atoms with E-state index in [1.165, 1.54) is 0 Å². The lowest BCUT2D eigenvalue weighted by Gasteiger charge is -2.41. The summed E-state index contributed by atoms with van der Waals surface area (Å²) in [7, 11) is 2.09. The van der Waals surface area contributed by atoms with Gasteiger partial charge in [0.1, 0.15) is 0 Å². The Bertz CT molecular complexity index is 499. The van der Waals surface area contributed by atoms with E-state index in [0.717, 1.165) is 19.4 Å². The summed E-state index contributed by atoms with van der Waals surface area (Å²) in [6, 6.07) is 0.769. The molecule has 0 aromatic carbocycles. The summed E-state index contributed by atoms with van der Waals surface area (Å²) in [6.45, 7) is 6.61. The number of aromatic nitrogens is 2. The van der Waals surface area contributed by atoms with Crippen molar-refractivity contribution in [2.45, 2.75) is 44.8 Å². The molecule has 2 saturated heterocycles. The number of carbonyl (C=O) groups excluding carboxylic acids is 1. The molecule has 7 nitrogen and oxygen atoms in total. The van der Waals surface area contributed by atoms with E-state index in [9.17, 15) is 4.79 Å². The van der Waals surface area contributed by atoms with Crippen molar-refractivity contribution in [3.05, 3.63) is 11.7 Å². The predicted octanol–water partition coefficient (Wildman–Crippen LogP) is 0.659. The van der Waals surface area contributed by atoms with Crippen LogP contribution in [0.15, 0.2) is 4.52 Å². The van der Waals surface area contributed by atoms with E-state index >= 15 is 0 Å². The molecule has 21 heavy (non-hydrogen) atoms. The van der Waals surface area contributed by atoms with Crippen molar-refractivity contribution < 1.29 is 9.32 Å². The van der Waals surface area contributed by atoms with Gasteiger partial charge in [0.25, 0.3) is 11.7 Å². The number of nitrogens with one attached hydrogen (secondary N) is 1. The standard InChI is InChI=1S/C14H23N5O2/c1-9-7-19(8-10(2)18(9)3)14(20)12-16-13(21-17-12)11-5-4-6-15-11/h9-11,15H,4-8H2,1-3H3. The smallest absolute Gasteiger partial charge is 0.295 e. The minimum Gasteiger partial charge on any atom is -0.337 e. The molecular formula is C14H23N5O2. The monoisotopic (exact) mass is 293 g/mol. The van der Waals surface area contributed by atoms with Gasteiger partial charge in [-0.1, -0.05) is 5.16 Å². The largest absolute Gasteiger partial charge is 0.337 e. The molecule has 0 aliphatic carbocycles. The van der Waals surface area contributed by atoms with Crippen LogP contribution < -0.4 is 5.32 Å². The molecule has 3 heterocycles. The fourth-order valence-corrected chi connectivity index (χ4v) is 3.07. The molecule has 7 heteroatoms. The van der Waals surface area contributed by atoms with Gasteiger partial charge in [-0.05, 0) is 40.3 Å². The zero-order valence-electron chi connectivity index (χ0n) is 12.9. The zero-order chi connectivity index (χ0) is 15.0. The second kappa shape index (κ2) is 5.73. The lowest BCUT2D eigenvalue weighted by molar-refractivity contribution is 0.0402. The second-order valence-corrected chi connectivity index (χ2v) is 6.18. The molecule has 3 rings (SSSR count). The third-order valence-electron chi connectivity index (χ3n) is 4.64. The number of carbonyl (C=O) groups is 1. The van der Waals surface area contributed by atoms with Crippen molar-refractivity contribution >= 4 is 5.91 Å². The molecule has 1 N–H and O–H groups in total. The Morgan fingerprint density at radius 1 is 1.33 bits per heavy atom. The second-order valence-electron chi connectivity index (χ2n) is 6.18. The minimum absolute atomic E-state index is 0.101. The SMILES string of the molecule is CC1CN(C(=O)c2noc(C3CCCN3)n2)CC(C)N1C. The summed E-state index contributed by atoms with van der Waals surface area (Å²) in [5, 5.41) is 7.17. The van der Waals surface area contributed by atoms with Crippen LogP contribution in [-0.2, 0) is 0 Å². The van der Waals surface area contributed by atoms with E-state index in [-0.39, 0.29) is 17.8 Å². The maximum absolute atomic E-state index is 12.5. The summed E-state index contributed by atoms with van der Waals surface area (Å²) >= 11 is 0. The first-order chi connectivity index (χ1) is 10.1. The summed E-state index contributed by atoms with van der Waals surface area (Å²) < 4.78 is 5.25. The molecule has 3 atom stereocenters. The van der Waals surface area contributed by atoms with Gasteiger partial charge in [-0.25, -0.2) is 0 Å². The van der Waals surface area contributed by atoms with Crippen LogP contribution in [0.5, 0.6) is 0 Å². The molecule has 1 aromatic heterocycles. The van der Waals surface area contributed by atoms with Crippen LogP contribution in [-0.4, -0.2) is 64.6 Å². The highest BCUT2D eigenvalue weighted by Gasteiger charge is 2.32. The van der Waals surface area contributed by atoms with Crippen LogP contribution in [0.4, 0.5) is 0 Å². The molecule has 0 saturated carbocycles. The first-order valence-corrected chi connectivity index (χ1v) is 7.64. The lowest BCUT2D eigenvalue weighted by Crippen LogP contribution is -2.56. The normalized spacial score (nSPS) is 30.8. The van der Waals surface area contributed by atoms with Gasteiger partial charge in [0.15, 0.2) is 0 Å². The minimum atomic E-state index is -0.130. The Hall–Kier alpha value is -1.47. The van der Waals surface area contributed by atoms with Crippen molar-refractivity contribution in [2.24, 2.45) is 0 Å². The molecule has 2 fully saturated rings. The Morgan fingerprint density at radius 2 is 2.05 bits per heavy atom. The van der Waals surface area contributed by atoms with Gasteiger partial charge in [-0.3, -0.25) is 9.69 Å². The first-order valence-electron chi connectivity index (χ1n) is 7.64. The summed E-state index contributed by atoms with van der Waals surface area (Å²) in [5.41, 5.74) is 0. The van der Waals surface area contributed by atoms with Crippen molar-refractivity contribution in [2.75, 3.05) is 26.7 Å². The lowest BCUT2D eigenvalue weighted by atomic mass is 10.1. The molecule has 0 bridgehead atoms. The highest BCUT2D eigenvalue weighted by atomic mass is 16.5. The van der Waals surface area contributed by atoms with E-state index in [0.29, 0.717) is 31.1 Å². The van der Waals surface area contributed by atoms with Gasteiger partial charge in [-0.15, -0.1) is 0 Å². The molecule has 2 aliphatic rings. The van der Waals surface area contributed by atoms with Gasteiger partial charge < -0.3 is 14.7 Å². The maximum Gasteiger partial charge on any atom is 0.295 e. The summed E-state index contributed by atoms with van der Waals surface area (Å²) in [6.07, 6.45) is 2.09. The van der Waals surface area contributed by atoms with Gasteiger partial charge in [-0.2, -0.15) is 4.98 Å². The summed E-state index contributed by atoms with van der Waals surface area (Å²) in [4.78, 5) is 20.9. The van der Waals surface area contributed by atoms with E-state index < -0.39 is 0 Å². The topological polar surface area (TPSA) is 74.5 Å². The van der Waals surface area contributed by atoms with Crippen molar-refractivity contribution in [1.29, 1.82) is 0 Å². The molecule has 2 aliphatic heterocycles. The number of hydrogen-bond acceptors (Lipinski definition) is 6. The van der Waals surface area contributed by atoms with Crippen molar-refractivity contribution in [3.63, 3.8) is 0 Å². The van der Waals surface area contributed by atoms with Gasteiger partial charge in [0, 0.05) is 25.2 Å². The molecular weight excluding hydrogens is 270 g/mol. The fraction of sp³-hybridized carbons (Fsp3) is 0.786. The molecule has 1 amide bonds. The summed E-state index contributed by atoms with van der Waals surface area (Å²) in [5.74, 6) is 0.587. The van der Waals surface area contributed by atoms with E-state index in [1.807, 2.05) is 4.90 Å². The molecule has 1 aromatic rings. The third kappa shape index (κ3) is 2.80. The fourth-order valence-electron chi connectivity index (χ4n) is 3.07. The van der Waals surface area contributed by atoms with Crippen LogP contribution in [0.2, 0.25) is 0 Å². The Balaban J connectivity index is 1.70. The van der Waals surface area contributed by atoms with Gasteiger partial charge in [0.05, 0.1) is 6.04 Å². The first kappa shape index (κ1) is 14.5. The predicted molar refractivity (Wildman–Crippen MR) is 76.9 cm³/mol. The number of nitrogens with zero attached hydrogens (tertiary/aromatic N) is 4. The highest BCUT2D eigenvalue weighted by molar-refractivity contribution is 5.90. The van der Waals surface area contributed by atoms with E-state index in [1.54, 1.807) is 0 Å². The molecule has 0 spiro atoms. The van der Waals surface area contributed by atoms with Crippen molar-refractivity contribution in [1.82, 2.24) is 25.3 Å². The quantitative estimate of drug-likeness (QED) is 0.863. The van der Waals surface area contributed by atoms with Crippen LogP contribution in [0.3, 0.4) is 0 Å². The van der Waals surface area contributed by atoms with Crippen LogP contribution in [0.1, 0.15) is 49.2 Å². The number of hydrogen-bond donors (Lipinski definition) is 1. The van der Waals surface area contributed by atoms with Crippen LogP contribution >= 0.6 is 0 Å². The third-order valence-corrected chi connectivity index (χ3v) is 4.64. The van der Waals surface area contributed by atoms with Crippen molar-refractivity contribution in [3.8, 4) is 0 Å². The number of piperazine rings is 1. The molecule has 0 radical (unpaired) electrons. The Kier molecular flexibility index (Phi) is 3.95. The Labute approximate surface area is 124 Å². The zero-order valence-corrected chi connectivity index (χ0v) is 12.9. The number of rotatable bonds is 2. The number of amides is 1. The van der Waals surface area contributed by atoms with Crippen LogP contribution in [0.25, 0.3) is 0 Å². The highest BCUT2D eigenvalue weighted by Crippen LogP contribution is 2.22. The van der Waals surface area contributed by atoms with E-state index in [2.05, 4.69) is 41.3 Å². The van der Waals surface area contributed by atoms with E-state index in [4.69, 9.17) is 4.52 Å². The maximum atomic E-state index is 12.5. The van der Waals surface area contributed by atoms with Gasteiger partial charge >= 0.3 is 0 Å². The van der Waals surface area contributed by atoms with Crippen LogP contribution in [0, 0.1) is 0 Å². The number of likely N-dealkylation sites (N-methyl/N-ethyl adjacent to an activating group) is 1. The average Bonchev–Trinajstić information content (AvgIpc) is 3.13. The Morgan fingerprint density at radius 3 is 2.67 bits per heavy atom.